The molecule has 0 bridgehead atoms. The van der Waals surface area contributed by atoms with E-state index >= 15 is 0 Å². The molecular formula is C22H24ClNO2S. The molecule has 3 aromatic carbocycles. The Balaban J connectivity index is 0.00000261. The van der Waals surface area contributed by atoms with Crippen LogP contribution in [0.3, 0.4) is 0 Å². The number of nitrogens with one attached hydrogen (secondary N) is 1. The lowest BCUT2D eigenvalue weighted by Gasteiger charge is -2.22. The summed E-state index contributed by atoms with van der Waals surface area (Å²) >= 11 is 0. The lowest BCUT2D eigenvalue weighted by atomic mass is 9.98. The summed E-state index contributed by atoms with van der Waals surface area (Å²) in [6.45, 7) is 2.34. The molecule has 0 aliphatic heterocycles. The Kier molecular flexibility index (Phi) is 7.60. The summed E-state index contributed by atoms with van der Waals surface area (Å²) in [6.07, 6.45) is 0. The molecule has 0 saturated carbocycles. The Morgan fingerprint density at radius 1 is 0.815 bits per heavy atom. The number of sulfone groups is 1. The molecule has 3 nitrogen and oxygen atoms in total. The predicted molar refractivity (Wildman–Crippen MR) is 113 cm³/mol. The van der Waals surface area contributed by atoms with Gasteiger partial charge >= 0.3 is 0 Å². The van der Waals surface area contributed by atoms with Crippen LogP contribution >= 0.6 is 12.4 Å². The first-order chi connectivity index (χ1) is 12.6. The predicted octanol–water partition coefficient (Wildman–Crippen LogP) is 4.78. The molecular weight excluding hydrogens is 378 g/mol. The molecule has 1 unspecified atom stereocenters. The average Bonchev–Trinajstić information content (AvgIpc) is 2.70. The summed E-state index contributed by atoms with van der Waals surface area (Å²) in [5.74, 6) is 0.0875. The zero-order valence-corrected chi connectivity index (χ0v) is 16.8. The van der Waals surface area contributed by atoms with Gasteiger partial charge in [0, 0.05) is 6.54 Å². The number of benzene rings is 3. The summed E-state index contributed by atoms with van der Waals surface area (Å²) in [5.41, 5.74) is 2.99. The molecule has 0 aliphatic carbocycles. The van der Waals surface area contributed by atoms with Gasteiger partial charge in [-0.2, -0.15) is 0 Å². The Morgan fingerprint density at radius 2 is 1.37 bits per heavy atom. The maximum atomic E-state index is 12.6. The van der Waals surface area contributed by atoms with Gasteiger partial charge in [0.15, 0.2) is 9.84 Å². The second-order valence-electron chi connectivity index (χ2n) is 6.15. The maximum Gasteiger partial charge on any atom is 0.178 e. The van der Waals surface area contributed by atoms with Gasteiger partial charge in [0.05, 0.1) is 16.7 Å². The largest absolute Gasteiger partial charge is 0.302 e. The Labute approximate surface area is 167 Å². The third kappa shape index (κ3) is 5.19. The van der Waals surface area contributed by atoms with Gasteiger partial charge in [-0.3, -0.25) is 0 Å². The van der Waals surface area contributed by atoms with E-state index in [9.17, 15) is 8.42 Å². The van der Waals surface area contributed by atoms with Crippen LogP contribution in [0.5, 0.6) is 0 Å². The molecule has 0 aliphatic rings. The fourth-order valence-corrected chi connectivity index (χ4v) is 4.17. The summed E-state index contributed by atoms with van der Waals surface area (Å²) in [4.78, 5) is 0.400. The molecule has 3 rings (SSSR count). The van der Waals surface area contributed by atoms with Gasteiger partial charge in [-0.05, 0) is 22.8 Å². The molecule has 5 heteroatoms. The monoisotopic (exact) mass is 401 g/mol. The number of rotatable bonds is 7. The van der Waals surface area contributed by atoms with Gasteiger partial charge in [-0.15, -0.1) is 12.4 Å². The van der Waals surface area contributed by atoms with Gasteiger partial charge in [-0.1, -0.05) is 85.8 Å². The zero-order valence-electron chi connectivity index (χ0n) is 15.2. The van der Waals surface area contributed by atoms with Gasteiger partial charge in [-0.25, -0.2) is 8.42 Å². The molecule has 1 atom stereocenters. The normalized spacial score (nSPS) is 12.2. The van der Waals surface area contributed by atoms with E-state index in [1.54, 1.807) is 19.1 Å². The summed E-state index contributed by atoms with van der Waals surface area (Å²) in [5, 5.41) is 3.54. The smallest absolute Gasteiger partial charge is 0.178 e. The highest BCUT2D eigenvalue weighted by atomic mass is 35.5. The van der Waals surface area contributed by atoms with Crippen molar-refractivity contribution < 1.29 is 8.42 Å². The minimum Gasteiger partial charge on any atom is -0.302 e. The van der Waals surface area contributed by atoms with Crippen molar-refractivity contribution in [1.82, 2.24) is 5.32 Å². The van der Waals surface area contributed by atoms with Crippen LogP contribution in [0.4, 0.5) is 0 Å². The van der Waals surface area contributed by atoms with Crippen LogP contribution in [0.1, 0.15) is 29.7 Å². The quantitative estimate of drug-likeness (QED) is 0.619. The zero-order chi connectivity index (χ0) is 18.4. The average molecular weight is 402 g/mol. The highest BCUT2D eigenvalue weighted by Gasteiger charge is 2.23. The third-order valence-electron chi connectivity index (χ3n) is 4.43. The molecule has 0 fully saturated rings. The van der Waals surface area contributed by atoms with E-state index in [0.29, 0.717) is 11.4 Å². The first-order valence-electron chi connectivity index (χ1n) is 8.76. The third-order valence-corrected chi connectivity index (χ3v) is 6.23. The van der Waals surface area contributed by atoms with Crippen molar-refractivity contribution in [3.8, 4) is 0 Å². The van der Waals surface area contributed by atoms with E-state index in [1.165, 1.54) is 0 Å². The van der Waals surface area contributed by atoms with Crippen LogP contribution in [-0.2, 0) is 16.4 Å². The number of hydrogen-bond acceptors (Lipinski definition) is 3. The van der Waals surface area contributed by atoms with Crippen molar-refractivity contribution in [2.75, 3.05) is 5.75 Å². The van der Waals surface area contributed by atoms with E-state index in [-0.39, 0.29) is 24.2 Å². The van der Waals surface area contributed by atoms with E-state index in [4.69, 9.17) is 0 Å². The topological polar surface area (TPSA) is 46.2 Å². The molecule has 0 saturated heterocycles. The Hall–Kier alpha value is -2.14. The van der Waals surface area contributed by atoms with Crippen LogP contribution in [0.2, 0.25) is 0 Å². The van der Waals surface area contributed by atoms with Crippen molar-refractivity contribution in [2.24, 2.45) is 0 Å². The van der Waals surface area contributed by atoms with Crippen molar-refractivity contribution >= 4 is 22.2 Å². The maximum absolute atomic E-state index is 12.6. The van der Waals surface area contributed by atoms with E-state index in [1.807, 2.05) is 60.7 Å². The fraction of sp³-hybridized carbons (Fsp3) is 0.182. The molecule has 142 valence electrons. The van der Waals surface area contributed by atoms with E-state index < -0.39 is 9.84 Å². The van der Waals surface area contributed by atoms with Gasteiger partial charge < -0.3 is 5.32 Å². The molecule has 0 spiro atoms. The molecule has 0 aromatic heterocycles. The first-order valence-corrected chi connectivity index (χ1v) is 10.4. The highest BCUT2D eigenvalue weighted by Crippen LogP contribution is 2.29. The summed E-state index contributed by atoms with van der Waals surface area (Å²) in [7, 11) is -3.30. The van der Waals surface area contributed by atoms with Gasteiger partial charge in [0.25, 0.3) is 0 Å². The number of halogens is 1. The molecule has 3 aromatic rings. The van der Waals surface area contributed by atoms with Crippen molar-refractivity contribution in [2.45, 2.75) is 24.4 Å². The van der Waals surface area contributed by atoms with Crippen LogP contribution in [0.25, 0.3) is 0 Å². The summed E-state index contributed by atoms with van der Waals surface area (Å²) in [6, 6.07) is 27.2. The molecule has 0 heterocycles. The van der Waals surface area contributed by atoms with Crippen molar-refractivity contribution in [1.29, 1.82) is 0 Å². The molecule has 0 amide bonds. The van der Waals surface area contributed by atoms with Crippen molar-refractivity contribution in [3.05, 3.63) is 102 Å². The standard InChI is InChI=1S/C22H23NO2S.ClH/c1-2-26(24,25)21-16-10-9-15-20(21)22(19-13-7-4-8-14-19)23-17-18-11-5-3-6-12-18;/h3-16,22-23H,2,17H2,1H3;1H. The van der Waals surface area contributed by atoms with E-state index in [2.05, 4.69) is 17.4 Å². The molecule has 27 heavy (non-hydrogen) atoms. The molecule has 0 radical (unpaired) electrons. The van der Waals surface area contributed by atoms with Crippen LogP contribution in [-0.4, -0.2) is 14.2 Å². The van der Waals surface area contributed by atoms with Crippen LogP contribution < -0.4 is 5.32 Å². The SMILES string of the molecule is CCS(=O)(=O)c1ccccc1C(NCc1ccccc1)c1ccccc1.Cl. The van der Waals surface area contributed by atoms with E-state index in [0.717, 1.165) is 16.7 Å². The number of hydrogen-bond donors (Lipinski definition) is 1. The second kappa shape index (κ2) is 9.70. The first kappa shape index (κ1) is 21.2. The second-order valence-corrected chi connectivity index (χ2v) is 8.40. The van der Waals surface area contributed by atoms with Crippen molar-refractivity contribution in [3.63, 3.8) is 0 Å². The van der Waals surface area contributed by atoms with Crippen LogP contribution in [0, 0.1) is 0 Å². The minimum atomic E-state index is -3.30. The Morgan fingerprint density at radius 3 is 2.00 bits per heavy atom. The highest BCUT2D eigenvalue weighted by molar-refractivity contribution is 7.91. The summed E-state index contributed by atoms with van der Waals surface area (Å²) < 4.78 is 25.2. The lowest BCUT2D eigenvalue weighted by molar-refractivity contribution is 0.579. The Bertz CT molecular complexity index is 944. The van der Waals surface area contributed by atoms with Crippen LogP contribution in [0.15, 0.2) is 89.8 Å². The fourth-order valence-electron chi connectivity index (χ4n) is 3.03. The molecule has 1 N–H and O–H groups in total. The van der Waals surface area contributed by atoms with Gasteiger partial charge in [0.1, 0.15) is 0 Å². The lowest BCUT2D eigenvalue weighted by Crippen LogP contribution is -2.24. The minimum absolute atomic E-state index is 0. The van der Waals surface area contributed by atoms with Gasteiger partial charge in [0.2, 0.25) is 0 Å².